The van der Waals surface area contributed by atoms with Gasteiger partial charge in [0.15, 0.2) is 0 Å². The van der Waals surface area contributed by atoms with E-state index in [1.807, 2.05) is 30.3 Å². The summed E-state index contributed by atoms with van der Waals surface area (Å²) in [6.07, 6.45) is 2.55. The summed E-state index contributed by atoms with van der Waals surface area (Å²) in [6.45, 7) is 0. The minimum absolute atomic E-state index is 0.594. The fourth-order valence-corrected chi connectivity index (χ4v) is 1.55. The molecule has 0 bridgehead atoms. The highest BCUT2D eigenvalue weighted by Crippen LogP contribution is 2.15. The molecule has 1 heterocycles. The number of benzene rings is 1. The van der Waals surface area contributed by atoms with Crippen LogP contribution in [0.2, 0.25) is 5.15 Å². The molecule has 0 atom stereocenters. The summed E-state index contributed by atoms with van der Waals surface area (Å²) in [5.74, 6) is 0. The third kappa shape index (κ3) is 2.12. The van der Waals surface area contributed by atoms with Crippen LogP contribution in [0.1, 0.15) is 11.1 Å². The van der Waals surface area contributed by atoms with Crippen molar-refractivity contribution in [1.82, 2.24) is 4.98 Å². The summed E-state index contributed by atoms with van der Waals surface area (Å²) in [5, 5.41) is 0.594. The van der Waals surface area contributed by atoms with Crippen LogP contribution in [0.3, 0.4) is 0 Å². The lowest BCUT2D eigenvalue weighted by atomic mass is 10.1. The molecule has 0 saturated carbocycles. The number of hydrogen-bond donors (Lipinski definition) is 0. The molecule has 0 aliphatic heterocycles. The van der Waals surface area contributed by atoms with Gasteiger partial charge in [0.1, 0.15) is 5.15 Å². The highest BCUT2D eigenvalue weighted by atomic mass is 35.5. The highest BCUT2D eigenvalue weighted by Gasteiger charge is 2.00. The van der Waals surface area contributed by atoms with Gasteiger partial charge in [-0.2, -0.15) is 0 Å². The first-order valence-electron chi connectivity index (χ1n) is 4.49. The van der Waals surface area contributed by atoms with E-state index in [9.17, 15) is 0 Å². The van der Waals surface area contributed by atoms with E-state index in [1.54, 1.807) is 6.20 Å². The maximum atomic E-state index is 5.96. The largest absolute Gasteiger partial charge is 0.244 e. The number of rotatable bonds is 2. The minimum atomic E-state index is 0.594. The molecule has 2 heteroatoms. The van der Waals surface area contributed by atoms with Crippen molar-refractivity contribution in [2.45, 2.75) is 6.42 Å². The highest BCUT2D eigenvalue weighted by molar-refractivity contribution is 6.30. The minimum Gasteiger partial charge on any atom is -0.244 e. The van der Waals surface area contributed by atoms with Crippen molar-refractivity contribution in [2.75, 3.05) is 0 Å². The molecule has 0 spiro atoms. The summed E-state index contributed by atoms with van der Waals surface area (Å²) in [7, 11) is 0. The summed E-state index contributed by atoms with van der Waals surface area (Å²) < 4.78 is 0. The molecule has 14 heavy (non-hydrogen) atoms. The second-order valence-electron chi connectivity index (χ2n) is 3.12. The Morgan fingerprint density at radius 1 is 1.00 bits per heavy atom. The van der Waals surface area contributed by atoms with Gasteiger partial charge < -0.3 is 0 Å². The van der Waals surface area contributed by atoms with Crippen molar-refractivity contribution in [2.24, 2.45) is 0 Å². The van der Waals surface area contributed by atoms with Crippen molar-refractivity contribution in [3.8, 4) is 0 Å². The SMILES string of the molecule is Clc1ncccc1Cc1ccccc1. The molecule has 70 valence electrons. The average molecular weight is 204 g/mol. The fraction of sp³-hybridized carbons (Fsp3) is 0.0833. The van der Waals surface area contributed by atoms with Gasteiger partial charge in [-0.1, -0.05) is 48.0 Å². The zero-order valence-electron chi connectivity index (χ0n) is 7.65. The second-order valence-corrected chi connectivity index (χ2v) is 3.47. The Morgan fingerprint density at radius 2 is 1.79 bits per heavy atom. The number of pyridine rings is 1. The van der Waals surface area contributed by atoms with Crippen LogP contribution >= 0.6 is 11.6 Å². The molecule has 0 saturated heterocycles. The maximum absolute atomic E-state index is 5.96. The van der Waals surface area contributed by atoms with Crippen LogP contribution in [-0.4, -0.2) is 4.98 Å². The number of aromatic nitrogens is 1. The summed E-state index contributed by atoms with van der Waals surface area (Å²) in [4.78, 5) is 4.04. The van der Waals surface area contributed by atoms with E-state index in [-0.39, 0.29) is 0 Å². The van der Waals surface area contributed by atoms with E-state index >= 15 is 0 Å². The van der Waals surface area contributed by atoms with Gasteiger partial charge in [0.2, 0.25) is 0 Å². The predicted octanol–water partition coefficient (Wildman–Crippen LogP) is 3.33. The Kier molecular flexibility index (Phi) is 2.80. The molecule has 0 aliphatic carbocycles. The molecule has 0 aliphatic rings. The number of hydrogen-bond acceptors (Lipinski definition) is 1. The zero-order chi connectivity index (χ0) is 9.80. The molecule has 2 aromatic rings. The second kappa shape index (κ2) is 4.25. The van der Waals surface area contributed by atoms with Crippen LogP contribution in [0.5, 0.6) is 0 Å². The van der Waals surface area contributed by atoms with Gasteiger partial charge in [-0.3, -0.25) is 0 Å². The summed E-state index contributed by atoms with van der Waals surface area (Å²) in [5.41, 5.74) is 2.32. The van der Waals surface area contributed by atoms with Crippen molar-refractivity contribution < 1.29 is 0 Å². The van der Waals surface area contributed by atoms with Gasteiger partial charge in [0.05, 0.1) is 0 Å². The lowest BCUT2D eigenvalue weighted by molar-refractivity contribution is 1.15. The molecule has 1 nitrogen and oxygen atoms in total. The van der Waals surface area contributed by atoms with E-state index < -0.39 is 0 Å². The van der Waals surface area contributed by atoms with Gasteiger partial charge in [-0.25, -0.2) is 4.98 Å². The van der Waals surface area contributed by atoms with Crippen molar-refractivity contribution >= 4 is 11.6 Å². The maximum Gasteiger partial charge on any atom is 0.132 e. The van der Waals surface area contributed by atoms with E-state index in [2.05, 4.69) is 17.1 Å². The molecule has 1 aromatic carbocycles. The average Bonchev–Trinajstić information content (AvgIpc) is 2.23. The third-order valence-electron chi connectivity index (χ3n) is 2.07. The van der Waals surface area contributed by atoms with Crippen molar-refractivity contribution in [1.29, 1.82) is 0 Å². The van der Waals surface area contributed by atoms with Crippen LogP contribution in [0, 0.1) is 0 Å². The first kappa shape index (κ1) is 9.22. The van der Waals surface area contributed by atoms with E-state index in [0.29, 0.717) is 5.15 Å². The van der Waals surface area contributed by atoms with E-state index in [1.165, 1.54) is 5.56 Å². The first-order valence-corrected chi connectivity index (χ1v) is 4.87. The number of nitrogens with zero attached hydrogens (tertiary/aromatic N) is 1. The van der Waals surface area contributed by atoms with Crippen molar-refractivity contribution in [3.05, 3.63) is 64.9 Å². The van der Waals surface area contributed by atoms with Crippen molar-refractivity contribution in [3.63, 3.8) is 0 Å². The molecule has 2 rings (SSSR count). The van der Waals surface area contributed by atoms with Crippen LogP contribution in [0.25, 0.3) is 0 Å². The molecule has 0 radical (unpaired) electrons. The lowest BCUT2D eigenvalue weighted by Gasteiger charge is -2.02. The fourth-order valence-electron chi connectivity index (χ4n) is 1.37. The first-order chi connectivity index (χ1) is 6.86. The molecule has 1 aromatic heterocycles. The van der Waals surface area contributed by atoms with E-state index in [4.69, 9.17) is 11.6 Å². The Balaban J connectivity index is 2.24. The monoisotopic (exact) mass is 203 g/mol. The van der Waals surface area contributed by atoms with Crippen LogP contribution in [-0.2, 0) is 6.42 Å². The molecule has 0 amide bonds. The zero-order valence-corrected chi connectivity index (χ0v) is 8.41. The Morgan fingerprint density at radius 3 is 2.50 bits per heavy atom. The Hall–Kier alpha value is -1.34. The summed E-state index contributed by atoms with van der Waals surface area (Å²) in [6, 6.07) is 14.1. The normalized spacial score (nSPS) is 10.1. The topological polar surface area (TPSA) is 12.9 Å². The van der Waals surface area contributed by atoms with Gasteiger partial charge in [-0.15, -0.1) is 0 Å². The van der Waals surface area contributed by atoms with Crippen LogP contribution in [0.4, 0.5) is 0 Å². The standard InChI is InChI=1S/C12H10ClN/c13-12-11(7-4-8-14-12)9-10-5-2-1-3-6-10/h1-8H,9H2. The van der Waals surface area contributed by atoms with E-state index in [0.717, 1.165) is 12.0 Å². The smallest absolute Gasteiger partial charge is 0.132 e. The van der Waals surface area contributed by atoms with Gasteiger partial charge in [0, 0.05) is 12.6 Å². The molecule has 0 unspecified atom stereocenters. The molecular formula is C12H10ClN. The lowest BCUT2D eigenvalue weighted by Crippen LogP contribution is -1.90. The summed E-state index contributed by atoms with van der Waals surface area (Å²) >= 11 is 5.96. The Labute approximate surface area is 88.4 Å². The van der Waals surface area contributed by atoms with Crippen LogP contribution < -0.4 is 0 Å². The quantitative estimate of drug-likeness (QED) is 0.683. The van der Waals surface area contributed by atoms with Gasteiger partial charge in [-0.05, 0) is 17.2 Å². The number of halogens is 1. The predicted molar refractivity (Wildman–Crippen MR) is 58.5 cm³/mol. The molecule has 0 fully saturated rings. The van der Waals surface area contributed by atoms with Crippen LogP contribution in [0.15, 0.2) is 48.7 Å². The van der Waals surface area contributed by atoms with Gasteiger partial charge >= 0.3 is 0 Å². The third-order valence-corrected chi connectivity index (χ3v) is 2.41. The molecule has 0 N–H and O–H groups in total. The van der Waals surface area contributed by atoms with Gasteiger partial charge in [0.25, 0.3) is 0 Å². The molecular weight excluding hydrogens is 194 g/mol. The Bertz CT molecular complexity index is 412.